The molecule has 2 aliphatic rings. The molecule has 0 amide bonds. The summed E-state index contributed by atoms with van der Waals surface area (Å²) in [5.41, 5.74) is 0.926. The lowest BCUT2D eigenvalue weighted by Gasteiger charge is -2.44. The molecule has 1 saturated carbocycles. The van der Waals surface area contributed by atoms with Gasteiger partial charge in [0, 0.05) is 6.61 Å². The molecule has 4 nitrogen and oxygen atoms in total. The predicted octanol–water partition coefficient (Wildman–Crippen LogP) is 3.01. The van der Waals surface area contributed by atoms with Gasteiger partial charge in [0.2, 0.25) is 0 Å². The molecule has 1 N–H and O–H groups in total. The molecule has 19 heavy (non-hydrogen) atoms. The SMILES string of the molecule is Cc1nnsc1C(O)C1CCOC2(CCCCC2)C1. The van der Waals surface area contributed by atoms with Gasteiger partial charge in [0.05, 0.1) is 22.3 Å². The molecule has 2 fully saturated rings. The highest BCUT2D eigenvalue weighted by atomic mass is 32.1. The summed E-state index contributed by atoms with van der Waals surface area (Å²) in [5.74, 6) is 0.299. The number of aliphatic hydroxyl groups excluding tert-OH is 1. The van der Waals surface area contributed by atoms with Gasteiger partial charge in [-0.05, 0) is 50.1 Å². The minimum Gasteiger partial charge on any atom is -0.387 e. The Morgan fingerprint density at radius 3 is 2.84 bits per heavy atom. The maximum atomic E-state index is 10.6. The summed E-state index contributed by atoms with van der Waals surface area (Å²) in [5, 5.41) is 14.6. The van der Waals surface area contributed by atoms with E-state index < -0.39 is 6.10 Å². The number of nitrogens with zero attached hydrogens (tertiary/aromatic N) is 2. The Labute approximate surface area is 118 Å². The van der Waals surface area contributed by atoms with Crippen LogP contribution in [0.5, 0.6) is 0 Å². The zero-order valence-corrected chi connectivity index (χ0v) is 12.3. The van der Waals surface area contributed by atoms with Crippen LogP contribution in [0.2, 0.25) is 0 Å². The Morgan fingerprint density at radius 2 is 2.16 bits per heavy atom. The van der Waals surface area contributed by atoms with E-state index in [2.05, 4.69) is 9.59 Å². The Balaban J connectivity index is 1.72. The fourth-order valence-electron chi connectivity index (χ4n) is 3.60. The van der Waals surface area contributed by atoms with Crippen molar-refractivity contribution in [2.45, 2.75) is 63.6 Å². The number of rotatable bonds is 2. The summed E-state index contributed by atoms with van der Waals surface area (Å²) in [6, 6.07) is 0. The van der Waals surface area contributed by atoms with E-state index in [-0.39, 0.29) is 5.60 Å². The summed E-state index contributed by atoms with van der Waals surface area (Å²) in [7, 11) is 0. The molecule has 2 atom stereocenters. The maximum Gasteiger partial charge on any atom is 0.0946 e. The van der Waals surface area contributed by atoms with E-state index in [9.17, 15) is 5.11 Å². The third-order valence-electron chi connectivity index (χ3n) is 4.70. The normalized spacial score (nSPS) is 28.4. The van der Waals surface area contributed by atoms with Crippen molar-refractivity contribution < 1.29 is 9.84 Å². The molecule has 0 radical (unpaired) electrons. The zero-order valence-electron chi connectivity index (χ0n) is 11.5. The van der Waals surface area contributed by atoms with Gasteiger partial charge in [-0.1, -0.05) is 23.8 Å². The molecule has 1 aromatic heterocycles. The van der Waals surface area contributed by atoms with Crippen LogP contribution in [0.15, 0.2) is 0 Å². The molecule has 1 saturated heterocycles. The molecule has 2 heterocycles. The van der Waals surface area contributed by atoms with E-state index in [1.54, 1.807) is 0 Å². The van der Waals surface area contributed by atoms with E-state index in [4.69, 9.17) is 4.74 Å². The van der Waals surface area contributed by atoms with Crippen LogP contribution < -0.4 is 0 Å². The quantitative estimate of drug-likeness (QED) is 0.906. The van der Waals surface area contributed by atoms with Crippen LogP contribution in [0.3, 0.4) is 0 Å². The standard InChI is InChI=1S/C14H22N2O2S/c1-10-13(19-16-15-10)12(17)11-5-8-18-14(9-11)6-3-2-4-7-14/h11-12,17H,2-9H2,1H3. The highest BCUT2D eigenvalue weighted by Crippen LogP contribution is 2.44. The van der Waals surface area contributed by atoms with Gasteiger partial charge in [0.25, 0.3) is 0 Å². The lowest BCUT2D eigenvalue weighted by molar-refractivity contribution is -0.133. The van der Waals surface area contributed by atoms with Crippen LogP contribution in [0.4, 0.5) is 0 Å². The first-order chi connectivity index (χ1) is 9.20. The largest absolute Gasteiger partial charge is 0.387 e. The second kappa shape index (κ2) is 5.46. The monoisotopic (exact) mass is 282 g/mol. The van der Waals surface area contributed by atoms with Gasteiger partial charge in [-0.3, -0.25) is 0 Å². The van der Waals surface area contributed by atoms with Gasteiger partial charge in [-0.15, -0.1) is 5.10 Å². The second-order valence-corrected chi connectivity index (χ2v) is 6.80. The van der Waals surface area contributed by atoms with Gasteiger partial charge in [0.15, 0.2) is 0 Å². The van der Waals surface area contributed by atoms with Gasteiger partial charge < -0.3 is 9.84 Å². The lowest BCUT2D eigenvalue weighted by Crippen LogP contribution is -2.42. The van der Waals surface area contributed by atoms with Gasteiger partial charge in [-0.25, -0.2) is 0 Å². The smallest absolute Gasteiger partial charge is 0.0946 e. The molecule has 0 aromatic carbocycles. The lowest BCUT2D eigenvalue weighted by atomic mass is 9.74. The number of aromatic nitrogens is 2. The first kappa shape index (κ1) is 13.5. The Hall–Kier alpha value is -0.520. The van der Waals surface area contributed by atoms with Crippen LogP contribution in [-0.2, 0) is 4.74 Å². The molecule has 1 aromatic rings. The van der Waals surface area contributed by atoms with Crippen molar-refractivity contribution >= 4 is 11.5 Å². The van der Waals surface area contributed by atoms with Crippen molar-refractivity contribution in [2.75, 3.05) is 6.61 Å². The van der Waals surface area contributed by atoms with E-state index in [1.807, 2.05) is 6.92 Å². The number of aliphatic hydroxyl groups is 1. The summed E-state index contributed by atoms with van der Waals surface area (Å²) < 4.78 is 10.0. The van der Waals surface area contributed by atoms with Crippen LogP contribution in [-0.4, -0.2) is 26.9 Å². The van der Waals surface area contributed by atoms with E-state index in [0.29, 0.717) is 5.92 Å². The Bertz CT molecular complexity index is 423. The summed E-state index contributed by atoms with van der Waals surface area (Å²) in [6.45, 7) is 2.71. The van der Waals surface area contributed by atoms with Crippen LogP contribution in [0.1, 0.15) is 61.6 Å². The minimum absolute atomic E-state index is 0.0498. The van der Waals surface area contributed by atoms with Crippen LogP contribution >= 0.6 is 11.5 Å². The van der Waals surface area contributed by atoms with Crippen molar-refractivity contribution in [3.05, 3.63) is 10.6 Å². The fourth-order valence-corrected chi connectivity index (χ4v) is 4.33. The number of ether oxygens (including phenoxy) is 1. The molecule has 1 spiro atoms. The molecule has 106 valence electrons. The van der Waals surface area contributed by atoms with Crippen LogP contribution in [0, 0.1) is 12.8 Å². The van der Waals surface area contributed by atoms with Gasteiger partial charge >= 0.3 is 0 Å². The summed E-state index contributed by atoms with van der Waals surface area (Å²) in [6.07, 6.45) is 7.71. The fraction of sp³-hybridized carbons (Fsp3) is 0.857. The third-order valence-corrected chi connectivity index (χ3v) is 5.59. The minimum atomic E-state index is -0.414. The summed E-state index contributed by atoms with van der Waals surface area (Å²) in [4.78, 5) is 0.942. The highest BCUT2D eigenvalue weighted by Gasteiger charge is 2.41. The van der Waals surface area contributed by atoms with Crippen molar-refractivity contribution in [1.29, 1.82) is 0 Å². The molecule has 3 rings (SSSR count). The molecular weight excluding hydrogens is 260 g/mol. The van der Waals surface area contributed by atoms with Gasteiger partial charge in [0.1, 0.15) is 0 Å². The average Bonchev–Trinajstić information content (AvgIpc) is 2.85. The first-order valence-corrected chi connectivity index (χ1v) is 8.08. The number of aryl methyl sites for hydroxylation is 1. The number of hydrogen-bond acceptors (Lipinski definition) is 5. The van der Waals surface area contributed by atoms with Crippen LogP contribution in [0.25, 0.3) is 0 Å². The van der Waals surface area contributed by atoms with Crippen molar-refractivity contribution in [3.63, 3.8) is 0 Å². The van der Waals surface area contributed by atoms with Crippen molar-refractivity contribution in [2.24, 2.45) is 5.92 Å². The predicted molar refractivity (Wildman–Crippen MR) is 74.1 cm³/mol. The van der Waals surface area contributed by atoms with E-state index in [0.717, 1.165) is 42.9 Å². The Kier molecular flexibility index (Phi) is 3.87. The molecule has 2 unspecified atom stereocenters. The molecular formula is C14H22N2O2S. The maximum absolute atomic E-state index is 10.6. The molecule has 5 heteroatoms. The third kappa shape index (κ3) is 2.69. The molecule has 1 aliphatic heterocycles. The van der Waals surface area contributed by atoms with Crippen molar-refractivity contribution in [3.8, 4) is 0 Å². The molecule has 0 bridgehead atoms. The zero-order chi connectivity index (χ0) is 13.3. The highest BCUT2D eigenvalue weighted by molar-refractivity contribution is 7.05. The van der Waals surface area contributed by atoms with Gasteiger partial charge in [-0.2, -0.15) is 0 Å². The van der Waals surface area contributed by atoms with E-state index in [1.165, 1.54) is 30.8 Å². The van der Waals surface area contributed by atoms with Crippen molar-refractivity contribution in [1.82, 2.24) is 9.59 Å². The average molecular weight is 282 g/mol. The topological polar surface area (TPSA) is 55.2 Å². The summed E-state index contributed by atoms with van der Waals surface area (Å²) >= 11 is 1.33. The van der Waals surface area contributed by atoms with E-state index >= 15 is 0 Å². The first-order valence-electron chi connectivity index (χ1n) is 7.31. The Morgan fingerprint density at radius 1 is 1.37 bits per heavy atom. The number of hydrogen-bond donors (Lipinski definition) is 1. The molecule has 1 aliphatic carbocycles. The second-order valence-electron chi connectivity index (χ2n) is 6.01.